The first-order valence-electron chi connectivity index (χ1n) is 11.3. The number of halogens is 2. The zero-order valence-corrected chi connectivity index (χ0v) is 18.3. The van der Waals surface area contributed by atoms with Crippen molar-refractivity contribution in [3.63, 3.8) is 0 Å². The fraction of sp³-hybridized carbons (Fsp3) is 0.400. The molecule has 0 atom stereocenters. The highest BCUT2D eigenvalue weighted by atomic mass is 19.3. The lowest BCUT2D eigenvalue weighted by atomic mass is 9.88. The van der Waals surface area contributed by atoms with Crippen LogP contribution < -0.4 is 5.32 Å². The first kappa shape index (κ1) is 22.3. The average molecular weight is 470 g/mol. The van der Waals surface area contributed by atoms with Gasteiger partial charge in [-0.15, -0.1) is 0 Å². The molecule has 0 spiro atoms. The van der Waals surface area contributed by atoms with Crippen LogP contribution in [-0.2, 0) is 14.3 Å². The first-order valence-corrected chi connectivity index (χ1v) is 11.3. The topological polar surface area (TPSA) is 95.9 Å². The second-order valence-electron chi connectivity index (χ2n) is 9.13. The van der Waals surface area contributed by atoms with Crippen LogP contribution in [0.15, 0.2) is 48.5 Å². The number of carbonyl (C=O) groups is 3. The standard InChI is InChI=1S/C25H24F2N2O5/c26-25(27,21(30)29-15-9-11-24(29,12-10-15)22(31)32)14-28-23(33)34-13-20-18-7-3-1-5-16(18)17-6-2-4-8-19(17)20/h1-8,15,20H,9-14H2,(H,28,33)(H,31,32). The Bertz CT molecular complexity index is 1110. The molecule has 2 aromatic rings. The highest BCUT2D eigenvalue weighted by Gasteiger charge is 2.62. The lowest BCUT2D eigenvalue weighted by molar-refractivity contribution is -0.168. The Balaban J connectivity index is 1.22. The van der Waals surface area contributed by atoms with Gasteiger partial charge < -0.3 is 20.1 Å². The van der Waals surface area contributed by atoms with Gasteiger partial charge in [-0.05, 0) is 47.9 Å². The van der Waals surface area contributed by atoms with Gasteiger partial charge in [-0.1, -0.05) is 48.5 Å². The van der Waals surface area contributed by atoms with Crippen LogP contribution in [-0.4, -0.2) is 58.6 Å². The molecule has 2 aromatic carbocycles. The summed E-state index contributed by atoms with van der Waals surface area (Å²) >= 11 is 0. The summed E-state index contributed by atoms with van der Waals surface area (Å²) < 4.78 is 34.7. The molecule has 2 bridgehead atoms. The van der Waals surface area contributed by atoms with Gasteiger partial charge in [0.25, 0.3) is 5.91 Å². The summed E-state index contributed by atoms with van der Waals surface area (Å²) in [7, 11) is 0. The van der Waals surface area contributed by atoms with Crippen molar-refractivity contribution in [2.24, 2.45) is 0 Å². The number of rotatable bonds is 6. The number of alkyl halides is 2. The van der Waals surface area contributed by atoms with Gasteiger partial charge >= 0.3 is 18.0 Å². The van der Waals surface area contributed by atoms with Crippen molar-refractivity contribution in [3.05, 3.63) is 59.7 Å². The van der Waals surface area contributed by atoms with E-state index in [1.165, 1.54) is 0 Å². The third-order valence-corrected chi connectivity index (χ3v) is 7.34. The van der Waals surface area contributed by atoms with E-state index < -0.39 is 42.0 Å². The van der Waals surface area contributed by atoms with Crippen LogP contribution in [0.1, 0.15) is 42.7 Å². The van der Waals surface area contributed by atoms with Crippen molar-refractivity contribution in [3.8, 4) is 11.1 Å². The number of aliphatic carboxylic acids is 1. The van der Waals surface area contributed by atoms with Gasteiger partial charge in [0.1, 0.15) is 12.1 Å². The number of hydrogen-bond acceptors (Lipinski definition) is 4. The van der Waals surface area contributed by atoms with Crippen molar-refractivity contribution in [2.45, 2.75) is 49.1 Å². The fourth-order valence-electron chi connectivity index (χ4n) is 5.69. The Labute approximate surface area is 194 Å². The lowest BCUT2D eigenvalue weighted by Crippen LogP contribution is -2.58. The number of fused-ring (bicyclic) bond motifs is 5. The Kier molecular flexibility index (Phi) is 5.30. The van der Waals surface area contributed by atoms with E-state index in [1.807, 2.05) is 53.8 Å². The highest BCUT2D eigenvalue weighted by molar-refractivity contribution is 5.92. The van der Waals surface area contributed by atoms with E-state index in [9.17, 15) is 28.3 Å². The van der Waals surface area contributed by atoms with Crippen LogP contribution in [0.2, 0.25) is 0 Å². The molecule has 0 radical (unpaired) electrons. The summed E-state index contributed by atoms with van der Waals surface area (Å²) in [5, 5.41) is 11.6. The fourth-order valence-corrected chi connectivity index (χ4v) is 5.69. The third-order valence-electron chi connectivity index (χ3n) is 7.34. The number of nitrogens with zero attached hydrogens (tertiary/aromatic N) is 1. The van der Waals surface area contributed by atoms with Crippen LogP contribution in [0.5, 0.6) is 0 Å². The summed E-state index contributed by atoms with van der Waals surface area (Å²) in [6, 6.07) is 15.0. The Morgan fingerprint density at radius 3 is 2.15 bits per heavy atom. The number of hydrogen-bond donors (Lipinski definition) is 2. The number of carbonyl (C=O) groups excluding carboxylic acids is 2. The van der Waals surface area contributed by atoms with Crippen LogP contribution >= 0.6 is 0 Å². The van der Waals surface area contributed by atoms with Gasteiger partial charge in [-0.2, -0.15) is 8.78 Å². The van der Waals surface area contributed by atoms with Gasteiger partial charge in [-0.3, -0.25) is 4.79 Å². The zero-order chi connectivity index (χ0) is 24.1. The minimum Gasteiger partial charge on any atom is -0.479 e. The van der Waals surface area contributed by atoms with E-state index in [-0.39, 0.29) is 25.4 Å². The van der Waals surface area contributed by atoms with Crippen LogP contribution in [0.25, 0.3) is 11.1 Å². The van der Waals surface area contributed by atoms with Crippen LogP contribution in [0.4, 0.5) is 13.6 Å². The maximum atomic E-state index is 14.7. The Hall–Kier alpha value is -3.49. The molecular weight excluding hydrogens is 446 g/mol. The average Bonchev–Trinajstić information content (AvgIpc) is 3.50. The molecule has 2 amide bonds. The normalized spacial score (nSPS) is 22.9. The van der Waals surface area contributed by atoms with E-state index in [0.29, 0.717) is 12.8 Å². The number of carboxylic acid groups (broad SMARTS) is 1. The summed E-state index contributed by atoms with van der Waals surface area (Å²) in [6.07, 6.45) is 0.0251. The molecule has 9 heteroatoms. The summed E-state index contributed by atoms with van der Waals surface area (Å²) in [6.45, 7) is -1.31. The summed E-state index contributed by atoms with van der Waals surface area (Å²) in [5.74, 6) is -7.00. The van der Waals surface area contributed by atoms with Crippen molar-refractivity contribution in [2.75, 3.05) is 13.2 Å². The lowest BCUT2D eigenvalue weighted by Gasteiger charge is -2.33. The minimum atomic E-state index is -3.95. The van der Waals surface area contributed by atoms with Crippen molar-refractivity contribution in [1.82, 2.24) is 10.2 Å². The first-order chi connectivity index (χ1) is 16.2. The molecule has 0 aromatic heterocycles. The molecule has 2 N–H and O–H groups in total. The van der Waals surface area contributed by atoms with Crippen LogP contribution in [0.3, 0.4) is 0 Å². The van der Waals surface area contributed by atoms with E-state index in [4.69, 9.17) is 4.74 Å². The smallest absolute Gasteiger partial charge is 0.407 e. The Morgan fingerprint density at radius 2 is 1.59 bits per heavy atom. The number of alkyl carbamates (subject to hydrolysis) is 1. The summed E-state index contributed by atoms with van der Waals surface area (Å²) in [5.41, 5.74) is 2.48. The van der Waals surface area contributed by atoms with Gasteiger partial charge in [0.2, 0.25) is 0 Å². The largest absolute Gasteiger partial charge is 0.479 e. The highest BCUT2D eigenvalue weighted by Crippen LogP contribution is 2.48. The molecule has 7 nitrogen and oxygen atoms in total. The van der Waals surface area contributed by atoms with Crippen molar-refractivity contribution >= 4 is 18.0 Å². The Morgan fingerprint density at radius 1 is 1.03 bits per heavy atom. The minimum absolute atomic E-state index is 0.0459. The van der Waals surface area contributed by atoms with Gasteiger partial charge in [0, 0.05) is 12.0 Å². The maximum Gasteiger partial charge on any atom is 0.407 e. The predicted octanol–water partition coefficient (Wildman–Crippen LogP) is 3.77. The number of ether oxygens (including phenoxy) is 1. The molecule has 2 fully saturated rings. The molecule has 3 aliphatic rings. The van der Waals surface area contributed by atoms with Crippen molar-refractivity contribution < 1.29 is 33.0 Å². The number of benzene rings is 2. The molecule has 2 heterocycles. The number of amides is 2. The van der Waals surface area contributed by atoms with Gasteiger partial charge in [0.05, 0.1) is 6.54 Å². The van der Waals surface area contributed by atoms with E-state index in [1.54, 1.807) is 0 Å². The molecule has 2 saturated heterocycles. The van der Waals surface area contributed by atoms with E-state index in [0.717, 1.165) is 27.2 Å². The second kappa shape index (κ2) is 8.07. The zero-order valence-electron chi connectivity index (χ0n) is 18.3. The monoisotopic (exact) mass is 470 g/mol. The van der Waals surface area contributed by atoms with Gasteiger partial charge in [-0.25, -0.2) is 9.59 Å². The predicted molar refractivity (Wildman–Crippen MR) is 117 cm³/mol. The number of nitrogens with one attached hydrogen (secondary N) is 1. The van der Waals surface area contributed by atoms with E-state index >= 15 is 0 Å². The SMILES string of the molecule is O=C(NCC(F)(F)C(=O)N1C2CCC1(C(=O)O)CC2)OCC1c2ccccc2-c2ccccc21. The summed E-state index contributed by atoms with van der Waals surface area (Å²) in [4.78, 5) is 37.4. The van der Waals surface area contributed by atoms with Crippen molar-refractivity contribution in [1.29, 1.82) is 0 Å². The molecule has 5 rings (SSSR count). The molecule has 2 aliphatic heterocycles. The van der Waals surface area contributed by atoms with Gasteiger partial charge in [0.15, 0.2) is 0 Å². The third kappa shape index (κ3) is 3.41. The molecule has 0 saturated carbocycles. The maximum absolute atomic E-state index is 14.7. The second-order valence-corrected chi connectivity index (χ2v) is 9.13. The molecule has 1 aliphatic carbocycles. The molecule has 34 heavy (non-hydrogen) atoms. The van der Waals surface area contributed by atoms with E-state index in [2.05, 4.69) is 0 Å². The molecular formula is C25H24F2N2O5. The van der Waals surface area contributed by atoms with Crippen LogP contribution in [0, 0.1) is 0 Å². The molecule has 0 unspecified atom stereocenters. The molecule has 178 valence electrons. The number of carboxylic acids is 1. The quantitative estimate of drug-likeness (QED) is 0.670.